The number of hydrogen-bond acceptors (Lipinski definition) is 5. The zero-order chi connectivity index (χ0) is 20.1. The van der Waals surface area contributed by atoms with E-state index in [0.29, 0.717) is 5.75 Å². The molecule has 5 nitrogen and oxygen atoms in total. The number of rotatable bonds is 6. The van der Waals surface area contributed by atoms with Gasteiger partial charge in [0.05, 0.1) is 11.4 Å². The van der Waals surface area contributed by atoms with Gasteiger partial charge in [0.2, 0.25) is 11.8 Å². The Morgan fingerprint density at radius 2 is 1.79 bits per heavy atom. The summed E-state index contributed by atoms with van der Waals surface area (Å²) in [4.78, 5) is 30.0. The third kappa shape index (κ3) is 5.35. The fourth-order valence-electron chi connectivity index (χ4n) is 3.54. The number of benzene rings is 2. The predicted molar refractivity (Wildman–Crippen MR) is 122 cm³/mol. The van der Waals surface area contributed by atoms with E-state index in [1.54, 1.807) is 4.90 Å². The second kappa shape index (κ2) is 9.69. The number of thioether (sulfide) groups is 2. The van der Waals surface area contributed by atoms with Crippen molar-refractivity contribution in [3.8, 4) is 0 Å². The van der Waals surface area contributed by atoms with E-state index in [9.17, 15) is 9.59 Å². The van der Waals surface area contributed by atoms with Gasteiger partial charge in [-0.3, -0.25) is 9.59 Å². The number of nitrogens with one attached hydrogen (secondary N) is 1. The van der Waals surface area contributed by atoms with Crippen LogP contribution in [0, 0.1) is 0 Å². The standard InChI is InChI=1S/C22H25N3O2S2/c26-21(15-25-19-3-1-2-4-20(19)29-16-22(25)27)23-18-7-5-17(6-8-18)9-10-24-11-13-28-14-12-24/h1-8H,9-16H2,(H,23,26). The minimum Gasteiger partial charge on any atom is -0.325 e. The van der Waals surface area contributed by atoms with Gasteiger partial charge >= 0.3 is 0 Å². The highest BCUT2D eigenvalue weighted by molar-refractivity contribution is 8.00. The average molecular weight is 428 g/mol. The smallest absolute Gasteiger partial charge is 0.244 e. The summed E-state index contributed by atoms with van der Waals surface area (Å²) in [5, 5.41) is 2.92. The van der Waals surface area contributed by atoms with E-state index in [1.165, 1.54) is 41.9 Å². The first-order valence-corrected chi connectivity index (χ1v) is 12.0. The van der Waals surface area contributed by atoms with Gasteiger partial charge in [0.25, 0.3) is 0 Å². The molecule has 0 aromatic heterocycles. The molecule has 1 N–H and O–H groups in total. The van der Waals surface area contributed by atoms with E-state index in [1.807, 2.05) is 48.2 Å². The van der Waals surface area contributed by atoms with Crippen molar-refractivity contribution in [2.24, 2.45) is 0 Å². The Balaban J connectivity index is 1.31. The molecule has 2 aromatic carbocycles. The third-order valence-corrected chi connectivity index (χ3v) is 7.16. The van der Waals surface area contributed by atoms with Crippen molar-refractivity contribution in [1.29, 1.82) is 0 Å². The first kappa shape index (κ1) is 20.3. The molecule has 0 unspecified atom stereocenters. The zero-order valence-electron chi connectivity index (χ0n) is 16.3. The molecule has 2 heterocycles. The molecule has 0 atom stereocenters. The van der Waals surface area contributed by atoms with Gasteiger partial charge < -0.3 is 15.1 Å². The van der Waals surface area contributed by atoms with Crippen LogP contribution < -0.4 is 10.2 Å². The SMILES string of the molecule is O=C(CN1C(=O)CSc2ccccc21)Nc1ccc(CCN2CCSCC2)cc1. The Morgan fingerprint density at radius 3 is 2.59 bits per heavy atom. The largest absolute Gasteiger partial charge is 0.325 e. The van der Waals surface area contributed by atoms with Crippen molar-refractivity contribution in [3.63, 3.8) is 0 Å². The number of fused-ring (bicyclic) bond motifs is 1. The van der Waals surface area contributed by atoms with Gasteiger partial charge in [0, 0.05) is 41.7 Å². The minimum atomic E-state index is -0.182. The topological polar surface area (TPSA) is 52.7 Å². The second-order valence-electron chi connectivity index (χ2n) is 7.19. The maximum absolute atomic E-state index is 12.5. The van der Waals surface area contributed by atoms with E-state index in [4.69, 9.17) is 0 Å². The lowest BCUT2D eigenvalue weighted by Gasteiger charge is -2.28. The van der Waals surface area contributed by atoms with Crippen LogP contribution in [-0.2, 0) is 16.0 Å². The number of carbonyl (C=O) groups is 2. The van der Waals surface area contributed by atoms with Crippen LogP contribution in [-0.4, -0.2) is 60.2 Å². The number of anilines is 2. The predicted octanol–water partition coefficient (Wildman–Crippen LogP) is 3.36. The minimum absolute atomic E-state index is 0.0321. The molecule has 1 fully saturated rings. The lowest BCUT2D eigenvalue weighted by molar-refractivity contribution is -0.120. The molecule has 0 aliphatic carbocycles. The number of nitrogens with zero attached hydrogens (tertiary/aromatic N) is 2. The summed E-state index contributed by atoms with van der Waals surface area (Å²) >= 11 is 3.55. The molecule has 4 rings (SSSR count). The number of hydrogen-bond donors (Lipinski definition) is 1. The van der Waals surface area contributed by atoms with Gasteiger partial charge in [-0.2, -0.15) is 11.8 Å². The summed E-state index contributed by atoms with van der Waals surface area (Å²) < 4.78 is 0. The van der Waals surface area contributed by atoms with Crippen molar-refractivity contribution in [2.75, 3.05) is 53.7 Å². The Kier molecular flexibility index (Phi) is 6.79. The van der Waals surface area contributed by atoms with Crippen molar-refractivity contribution in [1.82, 2.24) is 4.90 Å². The summed E-state index contributed by atoms with van der Waals surface area (Å²) in [6, 6.07) is 15.8. The van der Waals surface area contributed by atoms with E-state index in [0.717, 1.165) is 29.2 Å². The zero-order valence-corrected chi connectivity index (χ0v) is 17.9. The van der Waals surface area contributed by atoms with Crippen LogP contribution in [0.25, 0.3) is 0 Å². The maximum Gasteiger partial charge on any atom is 0.244 e. The van der Waals surface area contributed by atoms with Gasteiger partial charge in [-0.15, -0.1) is 11.8 Å². The van der Waals surface area contributed by atoms with Gasteiger partial charge in [-0.05, 0) is 36.2 Å². The van der Waals surface area contributed by atoms with Crippen molar-refractivity contribution >= 4 is 46.7 Å². The first-order chi connectivity index (χ1) is 14.2. The van der Waals surface area contributed by atoms with E-state index >= 15 is 0 Å². The Labute approximate surface area is 180 Å². The van der Waals surface area contributed by atoms with Gasteiger partial charge in [-0.1, -0.05) is 24.3 Å². The van der Waals surface area contributed by atoms with Gasteiger partial charge in [0.15, 0.2) is 0 Å². The molecule has 29 heavy (non-hydrogen) atoms. The summed E-state index contributed by atoms with van der Waals surface area (Å²) in [6.45, 7) is 3.47. The summed E-state index contributed by atoms with van der Waals surface area (Å²) in [5.41, 5.74) is 2.86. The highest BCUT2D eigenvalue weighted by Gasteiger charge is 2.26. The molecule has 2 aromatic rings. The van der Waals surface area contributed by atoms with Crippen LogP contribution in [0.5, 0.6) is 0 Å². The molecule has 0 spiro atoms. The van der Waals surface area contributed by atoms with Crippen LogP contribution >= 0.6 is 23.5 Å². The molecular formula is C22H25N3O2S2. The molecule has 1 saturated heterocycles. The highest BCUT2D eigenvalue weighted by Crippen LogP contribution is 2.34. The van der Waals surface area contributed by atoms with Crippen LogP contribution in [0.4, 0.5) is 11.4 Å². The second-order valence-corrected chi connectivity index (χ2v) is 9.43. The lowest BCUT2D eigenvalue weighted by atomic mass is 10.1. The first-order valence-electron chi connectivity index (χ1n) is 9.90. The normalized spacial score (nSPS) is 17.1. The monoisotopic (exact) mass is 427 g/mol. The Morgan fingerprint density at radius 1 is 1.03 bits per heavy atom. The molecule has 2 aliphatic rings. The molecule has 152 valence electrons. The van der Waals surface area contributed by atoms with Crippen LogP contribution in [0.3, 0.4) is 0 Å². The van der Waals surface area contributed by atoms with Crippen LogP contribution in [0.1, 0.15) is 5.56 Å². The quantitative estimate of drug-likeness (QED) is 0.766. The molecule has 0 saturated carbocycles. The Hall–Kier alpha value is -1.96. The number of carbonyl (C=O) groups excluding carboxylic acids is 2. The highest BCUT2D eigenvalue weighted by atomic mass is 32.2. The summed E-state index contributed by atoms with van der Waals surface area (Å²) in [7, 11) is 0. The molecule has 2 amide bonds. The number of amides is 2. The van der Waals surface area contributed by atoms with Crippen LogP contribution in [0.2, 0.25) is 0 Å². The van der Waals surface area contributed by atoms with E-state index < -0.39 is 0 Å². The lowest BCUT2D eigenvalue weighted by Crippen LogP contribution is -2.41. The average Bonchev–Trinajstić information content (AvgIpc) is 2.76. The van der Waals surface area contributed by atoms with Crippen molar-refractivity contribution < 1.29 is 9.59 Å². The molecule has 2 aliphatic heterocycles. The maximum atomic E-state index is 12.5. The molecule has 7 heteroatoms. The Bertz CT molecular complexity index is 867. The van der Waals surface area contributed by atoms with Crippen LogP contribution in [0.15, 0.2) is 53.4 Å². The fourth-order valence-corrected chi connectivity index (χ4v) is 5.45. The summed E-state index contributed by atoms with van der Waals surface area (Å²) in [6.07, 6.45) is 1.02. The molecule has 0 bridgehead atoms. The molecular weight excluding hydrogens is 402 g/mol. The summed E-state index contributed by atoms with van der Waals surface area (Å²) in [5.74, 6) is 2.62. The van der Waals surface area contributed by atoms with Crippen molar-refractivity contribution in [2.45, 2.75) is 11.3 Å². The van der Waals surface area contributed by atoms with E-state index in [-0.39, 0.29) is 18.4 Å². The van der Waals surface area contributed by atoms with Crippen molar-refractivity contribution in [3.05, 3.63) is 54.1 Å². The van der Waals surface area contributed by atoms with Gasteiger partial charge in [-0.25, -0.2) is 0 Å². The third-order valence-electron chi connectivity index (χ3n) is 5.17. The van der Waals surface area contributed by atoms with E-state index in [2.05, 4.69) is 22.3 Å². The fraction of sp³-hybridized carbons (Fsp3) is 0.364. The molecule has 0 radical (unpaired) electrons. The number of para-hydroxylation sites is 1. The van der Waals surface area contributed by atoms with Gasteiger partial charge in [0.1, 0.15) is 6.54 Å².